The van der Waals surface area contributed by atoms with Crippen LogP contribution in [0.25, 0.3) is 5.52 Å². The Morgan fingerprint density at radius 1 is 1.12 bits per heavy atom. The molecule has 220 valence electrons. The highest BCUT2D eigenvalue weighted by molar-refractivity contribution is 7.59. The summed E-state index contributed by atoms with van der Waals surface area (Å²) in [6.45, 7) is 2.24. The highest BCUT2D eigenvalue weighted by Crippen LogP contribution is 2.25. The first-order chi connectivity index (χ1) is 18.9. The fourth-order valence-electron chi connectivity index (χ4n) is 4.79. The smallest absolute Gasteiger partial charge is 0.277 e. The molecule has 2 aromatic rings. The van der Waals surface area contributed by atoms with E-state index in [1.54, 1.807) is 17.0 Å². The Hall–Kier alpha value is -2.97. The first-order valence-electron chi connectivity index (χ1n) is 13.5. The Morgan fingerprint density at radius 3 is 2.62 bits per heavy atom. The van der Waals surface area contributed by atoms with Crippen LogP contribution in [0.2, 0.25) is 0 Å². The van der Waals surface area contributed by atoms with Gasteiger partial charge >= 0.3 is 0 Å². The molecule has 0 aromatic carbocycles. The van der Waals surface area contributed by atoms with Gasteiger partial charge in [-0.1, -0.05) is 23.8 Å². The van der Waals surface area contributed by atoms with Gasteiger partial charge < -0.3 is 30.5 Å². The second kappa shape index (κ2) is 15.1. The average molecular weight is 577 g/mol. The van der Waals surface area contributed by atoms with Crippen molar-refractivity contribution in [1.29, 1.82) is 0 Å². The zero-order chi connectivity index (χ0) is 27.7. The van der Waals surface area contributed by atoms with Crippen LogP contribution in [0.5, 0.6) is 0 Å². The lowest BCUT2D eigenvalue weighted by Gasteiger charge is -2.38. The molecule has 0 unspecified atom stereocenters. The number of carbonyl (C=O) groups excluding carboxylic acids is 2. The number of piperidine rings is 1. The number of hydrogen-bond acceptors (Lipinski definition) is 8. The van der Waals surface area contributed by atoms with Crippen LogP contribution < -0.4 is 16.6 Å². The lowest BCUT2D eigenvalue weighted by atomic mass is 9.91. The number of hydrogen-bond donors (Lipinski definition) is 3. The average Bonchev–Trinajstić information content (AvgIpc) is 3.35. The number of rotatable bonds is 13. The van der Waals surface area contributed by atoms with Gasteiger partial charge in [-0.25, -0.2) is 4.52 Å². The summed E-state index contributed by atoms with van der Waals surface area (Å²) in [5.41, 5.74) is 5.36. The van der Waals surface area contributed by atoms with Gasteiger partial charge in [0.25, 0.3) is 11.5 Å². The van der Waals surface area contributed by atoms with Crippen LogP contribution in [0, 0.1) is 0 Å². The number of aliphatic hydroxyl groups is 1. The summed E-state index contributed by atoms with van der Waals surface area (Å²) >= 11 is 0. The van der Waals surface area contributed by atoms with Crippen LogP contribution in [-0.2, 0) is 25.6 Å². The fourth-order valence-corrected chi connectivity index (χ4v) is 4.79. The molecule has 12 nitrogen and oxygen atoms in total. The van der Waals surface area contributed by atoms with E-state index in [-0.39, 0.29) is 56.1 Å². The summed E-state index contributed by atoms with van der Waals surface area (Å²) in [5, 5.41) is 18.2. The van der Waals surface area contributed by atoms with Crippen molar-refractivity contribution >= 4 is 36.6 Å². The molecule has 1 aliphatic carbocycles. The molecule has 40 heavy (non-hydrogen) atoms. The van der Waals surface area contributed by atoms with Crippen LogP contribution in [0.1, 0.15) is 38.5 Å². The number of fused-ring (bicyclic) bond motifs is 1. The topological polar surface area (TPSA) is 153 Å². The van der Waals surface area contributed by atoms with Crippen LogP contribution in [-0.4, -0.2) is 87.7 Å². The van der Waals surface area contributed by atoms with Crippen LogP contribution >= 0.6 is 13.5 Å². The summed E-state index contributed by atoms with van der Waals surface area (Å²) < 4.78 is 13.2. The molecule has 1 aliphatic heterocycles. The minimum Gasteiger partial charge on any atom is -0.388 e. The molecule has 4 N–H and O–H groups in total. The fraction of sp³-hybridized carbons (Fsp3) is 0.556. The van der Waals surface area contributed by atoms with E-state index in [1.165, 1.54) is 21.0 Å². The van der Waals surface area contributed by atoms with Gasteiger partial charge in [-0.15, -0.1) is 0 Å². The SMILES string of the molecule is NCCOCCOCC(=O)Nc1ccc2c(=O)n(CC3(O)CCN(C(=O)CCC4=CCCC=C4)CC3)cnn12.S. The molecule has 1 fully saturated rings. The molecule has 2 aromatic heterocycles. The van der Waals surface area contributed by atoms with Gasteiger partial charge in [-0.05, 0) is 44.2 Å². The quantitative estimate of drug-likeness (QED) is 0.298. The maximum Gasteiger partial charge on any atom is 0.277 e. The maximum atomic E-state index is 13.1. The molecule has 0 atom stereocenters. The van der Waals surface area contributed by atoms with E-state index >= 15 is 0 Å². The summed E-state index contributed by atoms with van der Waals surface area (Å²) in [7, 11) is 0. The van der Waals surface area contributed by atoms with Crippen molar-refractivity contribution in [3.63, 3.8) is 0 Å². The molecule has 0 radical (unpaired) electrons. The Labute approximate surface area is 240 Å². The number of likely N-dealkylation sites (tertiary alicyclic amines) is 1. The zero-order valence-electron chi connectivity index (χ0n) is 22.7. The monoisotopic (exact) mass is 576 g/mol. The van der Waals surface area contributed by atoms with Crippen LogP contribution in [0.4, 0.5) is 5.82 Å². The Balaban J connectivity index is 0.00000441. The number of carbonyl (C=O) groups is 2. The van der Waals surface area contributed by atoms with Crippen molar-refractivity contribution in [3.05, 3.63) is 52.6 Å². The number of amides is 2. The van der Waals surface area contributed by atoms with Crippen molar-refractivity contribution in [2.75, 3.05) is 51.4 Å². The second-order valence-corrected chi connectivity index (χ2v) is 9.95. The van der Waals surface area contributed by atoms with Gasteiger partial charge in [0.2, 0.25) is 5.91 Å². The maximum absolute atomic E-state index is 13.1. The van der Waals surface area contributed by atoms with Gasteiger partial charge in [0.05, 0.1) is 32.0 Å². The predicted octanol–water partition coefficient (Wildman–Crippen LogP) is 0.949. The summed E-state index contributed by atoms with van der Waals surface area (Å²) in [5.74, 6) is 0.0415. The van der Waals surface area contributed by atoms with E-state index in [9.17, 15) is 19.5 Å². The predicted molar refractivity (Wildman–Crippen MR) is 156 cm³/mol. The number of nitrogens with two attached hydrogens (primary N) is 1. The normalized spacial score (nSPS) is 16.4. The largest absolute Gasteiger partial charge is 0.388 e. The summed E-state index contributed by atoms with van der Waals surface area (Å²) in [6.07, 6.45) is 11.8. The number of ether oxygens (including phenoxy) is 2. The number of anilines is 1. The van der Waals surface area contributed by atoms with Gasteiger partial charge in [0.15, 0.2) is 0 Å². The first-order valence-corrected chi connectivity index (χ1v) is 13.5. The van der Waals surface area contributed by atoms with E-state index in [0.717, 1.165) is 19.3 Å². The molecular weight excluding hydrogens is 536 g/mol. The van der Waals surface area contributed by atoms with Crippen molar-refractivity contribution in [2.45, 2.75) is 50.7 Å². The zero-order valence-corrected chi connectivity index (χ0v) is 23.7. The number of nitrogens with one attached hydrogen (secondary N) is 1. The van der Waals surface area contributed by atoms with Gasteiger partial charge in [0.1, 0.15) is 24.3 Å². The van der Waals surface area contributed by atoms with Crippen LogP contribution in [0.3, 0.4) is 0 Å². The molecule has 3 heterocycles. The van der Waals surface area contributed by atoms with E-state index in [1.807, 2.05) is 0 Å². The van der Waals surface area contributed by atoms with Crippen molar-refractivity contribution in [1.82, 2.24) is 19.1 Å². The number of nitrogens with zero attached hydrogens (tertiary/aromatic N) is 4. The molecule has 0 spiro atoms. The Bertz CT molecular complexity index is 1260. The standard InChI is InChI=1S/C27H38N6O6.H2S/c28-12-15-38-16-17-39-18-24(34)30-23-8-7-22-26(36)32(20-29-33(22)23)19-27(37)10-13-31(14-11-27)25(35)9-6-21-4-2-1-3-5-21;/h2,4-5,7-8,20,37H,1,3,6,9-19,28H2,(H,30,34);1H2. The lowest BCUT2D eigenvalue weighted by molar-refractivity contribution is -0.135. The Morgan fingerprint density at radius 2 is 1.90 bits per heavy atom. The van der Waals surface area contributed by atoms with Crippen molar-refractivity contribution in [2.24, 2.45) is 5.73 Å². The third-order valence-corrected chi connectivity index (χ3v) is 6.99. The molecular formula is C27H40N6O6S. The lowest BCUT2D eigenvalue weighted by Crippen LogP contribution is -2.49. The third-order valence-electron chi connectivity index (χ3n) is 6.99. The highest BCUT2D eigenvalue weighted by atomic mass is 32.1. The highest BCUT2D eigenvalue weighted by Gasteiger charge is 2.34. The summed E-state index contributed by atoms with van der Waals surface area (Å²) in [4.78, 5) is 39.8. The number of aromatic nitrogens is 3. The molecule has 0 saturated carbocycles. The van der Waals surface area contributed by atoms with Crippen LogP contribution in [0.15, 0.2) is 47.1 Å². The molecule has 0 bridgehead atoms. The van der Waals surface area contributed by atoms with E-state index < -0.39 is 5.60 Å². The third kappa shape index (κ3) is 8.51. The van der Waals surface area contributed by atoms with Crippen molar-refractivity contribution < 1.29 is 24.2 Å². The van der Waals surface area contributed by atoms with Gasteiger partial charge in [0, 0.05) is 26.1 Å². The number of allylic oxidation sites excluding steroid dienone is 4. The van der Waals surface area contributed by atoms with E-state index in [0.29, 0.717) is 57.9 Å². The van der Waals surface area contributed by atoms with Gasteiger partial charge in [-0.3, -0.25) is 19.0 Å². The van der Waals surface area contributed by atoms with E-state index in [4.69, 9.17) is 15.2 Å². The Kier molecular flexibility index (Phi) is 11.9. The second-order valence-electron chi connectivity index (χ2n) is 9.95. The first kappa shape index (κ1) is 31.6. The minimum absolute atomic E-state index is 0. The summed E-state index contributed by atoms with van der Waals surface area (Å²) in [6, 6.07) is 3.17. The molecule has 4 rings (SSSR count). The van der Waals surface area contributed by atoms with E-state index in [2.05, 4.69) is 28.6 Å². The molecule has 1 saturated heterocycles. The molecule has 2 amide bonds. The minimum atomic E-state index is -1.12. The molecule has 2 aliphatic rings. The van der Waals surface area contributed by atoms with Crippen molar-refractivity contribution in [3.8, 4) is 0 Å². The molecule has 13 heteroatoms. The van der Waals surface area contributed by atoms with Gasteiger partial charge in [-0.2, -0.15) is 18.6 Å².